The molecular weight excluding hydrogens is 330 g/mol. The molecule has 0 atom stereocenters. The van der Waals surface area contributed by atoms with Crippen LogP contribution < -0.4 is 0 Å². The topological polar surface area (TPSA) is 46.6 Å². The van der Waals surface area contributed by atoms with Crippen molar-refractivity contribution in [2.75, 3.05) is 18.8 Å². The Hall–Kier alpha value is -1.24. The van der Waals surface area contributed by atoms with Crippen molar-refractivity contribution in [2.45, 2.75) is 6.61 Å². The number of thioether (sulfide) groups is 1. The highest BCUT2D eigenvalue weighted by molar-refractivity contribution is 8.13. The number of carbonyl (C=O) groups is 2. The number of carbonyl (C=O) groups excluding carboxylic acids is 2. The summed E-state index contributed by atoms with van der Waals surface area (Å²) in [5.74, 6) is 0.327. The van der Waals surface area contributed by atoms with E-state index in [-0.39, 0.29) is 18.4 Å². The van der Waals surface area contributed by atoms with E-state index >= 15 is 0 Å². The van der Waals surface area contributed by atoms with E-state index < -0.39 is 5.97 Å². The third-order valence-corrected chi connectivity index (χ3v) is 5.71. The number of benzene rings is 1. The van der Waals surface area contributed by atoms with Crippen molar-refractivity contribution < 1.29 is 14.3 Å². The van der Waals surface area contributed by atoms with Gasteiger partial charge in [0, 0.05) is 22.4 Å². The number of thiophene rings is 1. The lowest BCUT2D eigenvalue weighted by molar-refractivity contribution is -0.145. The molecule has 1 aliphatic rings. The molecule has 1 aromatic heterocycles. The van der Waals surface area contributed by atoms with Gasteiger partial charge in [0.15, 0.2) is 0 Å². The maximum Gasteiger partial charge on any atom is 0.326 e. The lowest BCUT2D eigenvalue weighted by atomic mass is 10.2. The number of esters is 1. The Balaban J connectivity index is 1.62. The Bertz CT molecular complexity index is 701. The predicted molar refractivity (Wildman–Crippen MR) is 86.1 cm³/mol. The molecule has 0 aliphatic carbocycles. The fraction of sp³-hybridized carbons (Fsp3) is 0.286. The van der Waals surface area contributed by atoms with Crippen LogP contribution in [0.15, 0.2) is 24.3 Å². The van der Waals surface area contributed by atoms with Crippen molar-refractivity contribution >= 4 is 56.0 Å². The third-order valence-electron chi connectivity index (χ3n) is 3.13. The summed E-state index contributed by atoms with van der Waals surface area (Å²) in [5.41, 5.74) is 0. The first-order valence-electron chi connectivity index (χ1n) is 6.38. The minimum absolute atomic E-state index is 0.00828. The summed E-state index contributed by atoms with van der Waals surface area (Å²) in [4.78, 5) is 25.5. The van der Waals surface area contributed by atoms with Crippen molar-refractivity contribution in [3.8, 4) is 0 Å². The van der Waals surface area contributed by atoms with Gasteiger partial charge in [-0.3, -0.25) is 9.59 Å². The number of ether oxygens (including phenoxy) is 1. The van der Waals surface area contributed by atoms with Gasteiger partial charge in [0.2, 0.25) is 0 Å². The summed E-state index contributed by atoms with van der Waals surface area (Å²) < 4.78 is 6.30. The molecule has 21 heavy (non-hydrogen) atoms. The van der Waals surface area contributed by atoms with Gasteiger partial charge in [-0.2, -0.15) is 0 Å². The second-order valence-corrected chi connectivity index (χ2v) is 7.09. The molecule has 0 N–H and O–H groups in total. The first-order chi connectivity index (χ1) is 10.1. The van der Waals surface area contributed by atoms with Crippen molar-refractivity contribution in [1.82, 2.24) is 4.90 Å². The Morgan fingerprint density at radius 1 is 1.38 bits per heavy atom. The molecule has 110 valence electrons. The number of rotatable bonds is 4. The van der Waals surface area contributed by atoms with E-state index in [2.05, 4.69) is 0 Å². The molecule has 2 heterocycles. The standard InChI is InChI=1S/C14H12ClNO3S2/c15-13-9-3-1-2-4-10(9)21-11(13)8-19-12(17)7-16-5-6-20-14(16)18/h1-4H,5-8H2. The van der Waals surface area contributed by atoms with E-state index in [0.717, 1.165) is 20.7 Å². The average molecular weight is 342 g/mol. The number of fused-ring (bicyclic) bond motifs is 1. The molecule has 1 aliphatic heterocycles. The maximum atomic E-state index is 11.8. The van der Waals surface area contributed by atoms with Crippen LogP contribution in [0.5, 0.6) is 0 Å². The average Bonchev–Trinajstić information content (AvgIpc) is 3.02. The van der Waals surface area contributed by atoms with Crippen molar-refractivity contribution in [3.05, 3.63) is 34.2 Å². The predicted octanol–water partition coefficient (Wildman–Crippen LogP) is 3.77. The van der Waals surface area contributed by atoms with Crippen molar-refractivity contribution in [2.24, 2.45) is 0 Å². The highest BCUT2D eigenvalue weighted by atomic mass is 35.5. The summed E-state index contributed by atoms with van der Waals surface area (Å²) >= 11 is 9.03. The third kappa shape index (κ3) is 3.17. The second kappa shape index (κ2) is 6.25. The molecule has 2 aromatic rings. The SMILES string of the molecule is O=C(CN1CCSC1=O)OCc1sc2ccccc2c1Cl. The molecule has 0 radical (unpaired) electrons. The quantitative estimate of drug-likeness (QED) is 0.794. The zero-order chi connectivity index (χ0) is 14.8. The van der Waals surface area contributed by atoms with Gasteiger partial charge < -0.3 is 9.64 Å². The molecule has 7 heteroatoms. The summed E-state index contributed by atoms with van der Waals surface area (Å²) in [6.07, 6.45) is 0. The number of halogens is 1. The van der Waals surface area contributed by atoms with Crippen molar-refractivity contribution in [1.29, 1.82) is 0 Å². The van der Waals surface area contributed by atoms with Crippen LogP contribution in [0.25, 0.3) is 10.1 Å². The summed E-state index contributed by atoms with van der Waals surface area (Å²) in [7, 11) is 0. The molecular formula is C14H12ClNO3S2. The van der Waals surface area contributed by atoms with Gasteiger partial charge in [-0.1, -0.05) is 41.6 Å². The molecule has 1 fully saturated rings. The monoisotopic (exact) mass is 341 g/mol. The van der Waals surface area contributed by atoms with E-state index in [1.165, 1.54) is 28.0 Å². The zero-order valence-electron chi connectivity index (χ0n) is 11.0. The molecule has 0 spiro atoms. The van der Waals surface area contributed by atoms with Crippen LogP contribution in [0, 0.1) is 0 Å². The van der Waals surface area contributed by atoms with Gasteiger partial charge in [-0.05, 0) is 6.07 Å². The van der Waals surface area contributed by atoms with Gasteiger partial charge >= 0.3 is 5.97 Å². The number of nitrogens with zero attached hydrogens (tertiary/aromatic N) is 1. The van der Waals surface area contributed by atoms with Crippen molar-refractivity contribution in [3.63, 3.8) is 0 Å². The number of hydrogen-bond acceptors (Lipinski definition) is 5. The van der Waals surface area contributed by atoms with Crippen LogP contribution in [0.3, 0.4) is 0 Å². The van der Waals surface area contributed by atoms with E-state index in [0.29, 0.717) is 11.6 Å². The Labute approximate surface area is 135 Å². The fourth-order valence-electron chi connectivity index (χ4n) is 2.07. The summed E-state index contributed by atoms with van der Waals surface area (Å²) in [6.45, 7) is 0.753. The Kier molecular flexibility index (Phi) is 4.37. The lowest BCUT2D eigenvalue weighted by Gasteiger charge is -2.13. The fourth-order valence-corrected chi connectivity index (χ4v) is 4.30. The minimum atomic E-state index is -0.403. The van der Waals surface area contributed by atoms with Crippen LogP contribution in [0.4, 0.5) is 4.79 Å². The molecule has 1 saturated heterocycles. The van der Waals surface area contributed by atoms with Gasteiger partial charge in [0.1, 0.15) is 13.2 Å². The van der Waals surface area contributed by atoms with Gasteiger partial charge in [-0.25, -0.2) is 0 Å². The highest BCUT2D eigenvalue weighted by Crippen LogP contribution is 2.35. The number of hydrogen-bond donors (Lipinski definition) is 0. The molecule has 0 unspecified atom stereocenters. The van der Waals surface area contributed by atoms with Crippen LogP contribution >= 0.6 is 34.7 Å². The normalized spacial score (nSPS) is 14.9. The van der Waals surface area contributed by atoms with E-state index in [1.807, 2.05) is 24.3 Å². The Morgan fingerprint density at radius 2 is 2.19 bits per heavy atom. The first-order valence-corrected chi connectivity index (χ1v) is 8.56. The largest absolute Gasteiger partial charge is 0.459 e. The smallest absolute Gasteiger partial charge is 0.326 e. The molecule has 0 bridgehead atoms. The Morgan fingerprint density at radius 3 is 2.90 bits per heavy atom. The van der Waals surface area contributed by atoms with E-state index in [1.54, 1.807) is 0 Å². The van der Waals surface area contributed by atoms with Gasteiger partial charge in [0.25, 0.3) is 5.24 Å². The van der Waals surface area contributed by atoms with E-state index in [4.69, 9.17) is 16.3 Å². The van der Waals surface area contributed by atoms with Crippen LogP contribution in [-0.2, 0) is 16.1 Å². The lowest BCUT2D eigenvalue weighted by Crippen LogP contribution is -2.30. The second-order valence-electron chi connectivity index (χ2n) is 4.53. The first kappa shape index (κ1) is 14.7. The molecule has 1 aromatic carbocycles. The van der Waals surface area contributed by atoms with Crippen LogP contribution in [0.1, 0.15) is 4.88 Å². The van der Waals surface area contributed by atoms with Gasteiger partial charge in [-0.15, -0.1) is 11.3 Å². The molecule has 3 rings (SSSR count). The highest BCUT2D eigenvalue weighted by Gasteiger charge is 2.24. The van der Waals surface area contributed by atoms with Crippen LogP contribution in [0.2, 0.25) is 5.02 Å². The van der Waals surface area contributed by atoms with Crippen LogP contribution in [-0.4, -0.2) is 35.0 Å². The minimum Gasteiger partial charge on any atom is -0.459 e. The zero-order valence-corrected chi connectivity index (χ0v) is 13.4. The summed E-state index contributed by atoms with van der Waals surface area (Å²) in [5, 5.41) is 1.55. The van der Waals surface area contributed by atoms with Gasteiger partial charge in [0.05, 0.1) is 9.90 Å². The molecule has 1 amide bonds. The molecule has 4 nitrogen and oxygen atoms in total. The maximum absolute atomic E-state index is 11.8. The number of amides is 1. The molecule has 0 saturated carbocycles. The van der Waals surface area contributed by atoms with E-state index in [9.17, 15) is 9.59 Å². The summed E-state index contributed by atoms with van der Waals surface area (Å²) in [6, 6.07) is 7.80.